The van der Waals surface area contributed by atoms with Gasteiger partial charge in [0.05, 0.1) is 6.10 Å². The molecule has 1 unspecified atom stereocenters. The smallest absolute Gasteiger partial charge is 0.242 e. The van der Waals surface area contributed by atoms with Crippen LogP contribution in [0.1, 0.15) is 37.9 Å². The summed E-state index contributed by atoms with van der Waals surface area (Å²) < 4.78 is 0. The second-order valence-electron chi connectivity index (χ2n) is 4.95. The molecule has 2 N–H and O–H groups in total. The molecule has 0 aromatic heterocycles. The van der Waals surface area contributed by atoms with Crippen molar-refractivity contribution in [2.24, 2.45) is 0 Å². The molecular formula is C15H22N2O2. The summed E-state index contributed by atoms with van der Waals surface area (Å²) in [5, 5.41) is 12.9. The van der Waals surface area contributed by atoms with Crippen molar-refractivity contribution in [3.8, 4) is 0 Å². The molecule has 2 rings (SSSR count). The van der Waals surface area contributed by atoms with Crippen LogP contribution in [-0.2, 0) is 4.79 Å². The number of aliphatic hydroxyl groups is 1. The number of aliphatic hydroxyl groups excluding tert-OH is 1. The molecule has 1 saturated heterocycles. The maximum Gasteiger partial charge on any atom is 0.242 e. The monoisotopic (exact) mass is 262 g/mol. The van der Waals surface area contributed by atoms with Crippen LogP contribution in [0.3, 0.4) is 0 Å². The summed E-state index contributed by atoms with van der Waals surface area (Å²) in [5.41, 5.74) is 1.91. The molecule has 0 radical (unpaired) electrons. The number of likely N-dealkylation sites (N-methyl/N-ethyl adjacent to an activating group) is 1. The number of hydrogen-bond acceptors (Lipinski definition) is 3. The van der Waals surface area contributed by atoms with E-state index in [-0.39, 0.29) is 11.9 Å². The van der Waals surface area contributed by atoms with E-state index in [0.717, 1.165) is 30.6 Å². The molecule has 104 valence electrons. The maximum atomic E-state index is 11.9. The number of para-hydroxylation sites is 1. The predicted molar refractivity (Wildman–Crippen MR) is 76.1 cm³/mol. The molecule has 1 heterocycles. The number of hydrogen-bond donors (Lipinski definition) is 2. The van der Waals surface area contributed by atoms with Crippen LogP contribution in [0.2, 0.25) is 0 Å². The summed E-state index contributed by atoms with van der Waals surface area (Å²) in [6.45, 7) is 2.83. The minimum absolute atomic E-state index is 0.0540. The number of carbonyl (C=O) groups is 1. The van der Waals surface area contributed by atoms with Gasteiger partial charge in [-0.15, -0.1) is 0 Å². The highest BCUT2D eigenvalue weighted by atomic mass is 16.3. The third-order valence-electron chi connectivity index (χ3n) is 3.79. The first-order valence-corrected chi connectivity index (χ1v) is 6.94. The highest BCUT2D eigenvalue weighted by Crippen LogP contribution is 2.33. The van der Waals surface area contributed by atoms with Gasteiger partial charge in [-0.2, -0.15) is 0 Å². The Kier molecular flexibility index (Phi) is 4.43. The first-order valence-electron chi connectivity index (χ1n) is 6.94. The summed E-state index contributed by atoms with van der Waals surface area (Å²) in [7, 11) is 1.67. The number of nitrogens with zero attached hydrogens (tertiary/aromatic N) is 1. The average Bonchev–Trinajstić information content (AvgIpc) is 2.94. The molecule has 0 spiro atoms. The highest BCUT2D eigenvalue weighted by Gasteiger charge is 2.31. The van der Waals surface area contributed by atoms with Crippen molar-refractivity contribution >= 4 is 11.6 Å². The van der Waals surface area contributed by atoms with Crippen LogP contribution in [0, 0.1) is 0 Å². The van der Waals surface area contributed by atoms with Gasteiger partial charge in [0.1, 0.15) is 6.04 Å². The zero-order valence-electron chi connectivity index (χ0n) is 11.6. The van der Waals surface area contributed by atoms with Crippen LogP contribution in [0.4, 0.5) is 5.69 Å². The third-order valence-corrected chi connectivity index (χ3v) is 3.79. The van der Waals surface area contributed by atoms with E-state index in [1.807, 2.05) is 31.2 Å². The first-order chi connectivity index (χ1) is 9.19. The topological polar surface area (TPSA) is 52.6 Å². The second-order valence-corrected chi connectivity index (χ2v) is 4.95. The highest BCUT2D eigenvalue weighted by molar-refractivity contribution is 5.86. The first kappa shape index (κ1) is 13.9. The summed E-state index contributed by atoms with van der Waals surface area (Å²) in [6, 6.07) is 7.72. The summed E-state index contributed by atoms with van der Waals surface area (Å²) in [4.78, 5) is 14.1. The minimum Gasteiger partial charge on any atom is -0.388 e. The Morgan fingerprint density at radius 1 is 1.53 bits per heavy atom. The fourth-order valence-electron chi connectivity index (χ4n) is 2.75. The second kappa shape index (κ2) is 6.06. The van der Waals surface area contributed by atoms with Crippen LogP contribution in [0.5, 0.6) is 0 Å². The molecule has 1 fully saturated rings. The number of amides is 1. The van der Waals surface area contributed by atoms with Gasteiger partial charge in [-0.25, -0.2) is 0 Å². The summed E-state index contributed by atoms with van der Waals surface area (Å²) >= 11 is 0. The van der Waals surface area contributed by atoms with Gasteiger partial charge in [0.2, 0.25) is 5.91 Å². The molecule has 1 aromatic carbocycles. The Balaban J connectivity index is 2.33. The number of anilines is 1. The van der Waals surface area contributed by atoms with E-state index in [0.29, 0.717) is 6.42 Å². The van der Waals surface area contributed by atoms with Gasteiger partial charge >= 0.3 is 0 Å². The van der Waals surface area contributed by atoms with Crippen LogP contribution >= 0.6 is 0 Å². The van der Waals surface area contributed by atoms with E-state index in [9.17, 15) is 9.90 Å². The third kappa shape index (κ3) is 2.73. The molecule has 0 bridgehead atoms. The Labute approximate surface area is 114 Å². The number of nitrogens with one attached hydrogen (secondary N) is 1. The van der Waals surface area contributed by atoms with E-state index in [4.69, 9.17) is 0 Å². The molecule has 4 heteroatoms. The van der Waals surface area contributed by atoms with Crippen molar-refractivity contribution in [2.45, 2.75) is 38.3 Å². The minimum atomic E-state index is -0.470. The van der Waals surface area contributed by atoms with Crippen molar-refractivity contribution in [3.05, 3.63) is 29.8 Å². The molecule has 1 aromatic rings. The molecule has 0 aliphatic carbocycles. The van der Waals surface area contributed by atoms with Crippen LogP contribution in [0.15, 0.2) is 24.3 Å². The van der Waals surface area contributed by atoms with Crippen molar-refractivity contribution in [3.63, 3.8) is 0 Å². The Morgan fingerprint density at radius 3 is 2.95 bits per heavy atom. The Morgan fingerprint density at radius 2 is 2.26 bits per heavy atom. The maximum absolute atomic E-state index is 11.9. The van der Waals surface area contributed by atoms with Crippen LogP contribution in [-0.4, -0.2) is 30.6 Å². The molecule has 1 amide bonds. The quantitative estimate of drug-likeness (QED) is 0.870. The largest absolute Gasteiger partial charge is 0.388 e. The lowest BCUT2D eigenvalue weighted by atomic mass is 10.0. The molecular weight excluding hydrogens is 240 g/mol. The number of rotatable bonds is 4. The molecule has 0 saturated carbocycles. The van der Waals surface area contributed by atoms with Crippen molar-refractivity contribution in [2.75, 3.05) is 18.5 Å². The van der Waals surface area contributed by atoms with E-state index >= 15 is 0 Å². The van der Waals surface area contributed by atoms with Gasteiger partial charge in [0.15, 0.2) is 0 Å². The summed E-state index contributed by atoms with van der Waals surface area (Å²) in [6.07, 6.45) is 2.09. The van der Waals surface area contributed by atoms with Gasteiger partial charge in [0.25, 0.3) is 0 Å². The van der Waals surface area contributed by atoms with Gasteiger partial charge in [-0.3, -0.25) is 4.79 Å². The van der Waals surface area contributed by atoms with Crippen LogP contribution < -0.4 is 10.2 Å². The zero-order chi connectivity index (χ0) is 13.8. The normalized spacial score (nSPS) is 20.4. The fraction of sp³-hybridized carbons (Fsp3) is 0.533. The standard InChI is InChI=1S/C15H22N2O2/c1-3-14(18)11-7-4-5-8-12(11)17-10-6-9-13(17)15(19)16-2/h4-5,7-8,13-14,18H,3,6,9-10H2,1-2H3,(H,16,19)/t13?,14-/m0/s1. The molecule has 2 atom stereocenters. The number of benzene rings is 1. The van der Waals surface area contributed by atoms with Gasteiger partial charge < -0.3 is 15.3 Å². The van der Waals surface area contributed by atoms with Crippen LogP contribution in [0.25, 0.3) is 0 Å². The van der Waals surface area contributed by atoms with Crippen molar-refractivity contribution in [1.29, 1.82) is 0 Å². The van der Waals surface area contributed by atoms with E-state index in [2.05, 4.69) is 10.2 Å². The Bertz CT molecular complexity index is 448. The lowest BCUT2D eigenvalue weighted by molar-refractivity contribution is -0.121. The lowest BCUT2D eigenvalue weighted by Crippen LogP contribution is -2.42. The molecule has 4 nitrogen and oxygen atoms in total. The van der Waals surface area contributed by atoms with Gasteiger partial charge in [-0.1, -0.05) is 25.1 Å². The number of carbonyl (C=O) groups excluding carboxylic acids is 1. The fourth-order valence-corrected chi connectivity index (χ4v) is 2.75. The van der Waals surface area contributed by atoms with Crippen molar-refractivity contribution < 1.29 is 9.90 Å². The lowest BCUT2D eigenvalue weighted by Gasteiger charge is -2.28. The molecule has 1 aliphatic rings. The molecule has 19 heavy (non-hydrogen) atoms. The SMILES string of the molecule is CC[C@H](O)c1ccccc1N1CCCC1C(=O)NC. The van der Waals surface area contributed by atoms with Crippen molar-refractivity contribution in [1.82, 2.24) is 5.32 Å². The average molecular weight is 262 g/mol. The summed E-state index contributed by atoms with van der Waals surface area (Å²) in [5.74, 6) is 0.0540. The van der Waals surface area contributed by atoms with Gasteiger partial charge in [0, 0.05) is 24.8 Å². The predicted octanol–water partition coefficient (Wildman–Crippen LogP) is 1.84. The molecule has 1 aliphatic heterocycles. The zero-order valence-corrected chi connectivity index (χ0v) is 11.6. The van der Waals surface area contributed by atoms with E-state index < -0.39 is 6.10 Å². The van der Waals surface area contributed by atoms with E-state index in [1.165, 1.54) is 0 Å². The Hall–Kier alpha value is -1.55. The van der Waals surface area contributed by atoms with Gasteiger partial charge in [-0.05, 0) is 25.3 Å². The van der Waals surface area contributed by atoms with E-state index in [1.54, 1.807) is 7.05 Å².